The molecule has 2 N–H and O–H groups in total. The zero-order valence-corrected chi connectivity index (χ0v) is 17.0. The second kappa shape index (κ2) is 9.40. The number of thiophene rings is 1. The van der Waals surface area contributed by atoms with Gasteiger partial charge in [0.1, 0.15) is 0 Å². The van der Waals surface area contributed by atoms with Gasteiger partial charge < -0.3 is 15.0 Å². The van der Waals surface area contributed by atoms with Crippen LogP contribution in [0.1, 0.15) is 36.0 Å². The van der Waals surface area contributed by atoms with Crippen molar-refractivity contribution < 1.29 is 27.9 Å². The third kappa shape index (κ3) is 6.29. The average molecular weight is 432 g/mol. The Morgan fingerprint density at radius 3 is 2.59 bits per heavy atom. The van der Waals surface area contributed by atoms with Gasteiger partial charge in [0.05, 0.1) is 23.6 Å². The Balaban J connectivity index is 0.000000370. The number of hydrogen-bond donors (Lipinski definition) is 2. The fraction of sp³-hybridized carbons (Fsp3) is 0.500. The zero-order chi connectivity index (χ0) is 21.8. The van der Waals surface area contributed by atoms with Crippen LogP contribution in [0.3, 0.4) is 0 Å². The van der Waals surface area contributed by atoms with E-state index in [0.29, 0.717) is 0 Å². The predicted octanol–water partition coefficient (Wildman–Crippen LogP) is 2.74. The molecule has 160 valence electrons. The van der Waals surface area contributed by atoms with Crippen LogP contribution in [0.2, 0.25) is 0 Å². The molecule has 7 nitrogen and oxygen atoms in total. The van der Waals surface area contributed by atoms with E-state index in [1.54, 1.807) is 11.3 Å². The summed E-state index contributed by atoms with van der Waals surface area (Å²) in [5.41, 5.74) is 2.08. The minimum absolute atomic E-state index is 0.0933. The first-order valence-electron chi connectivity index (χ1n) is 8.84. The number of aryl methyl sites for hydroxylation is 1. The SMILES string of the molecule is CC(C)NC(=O)C1CN(Cc2cccs2)Cc2ncn(C)c21.O=C(O)C(F)(F)F. The standard InChI is InChI=1S/C16H22N4OS.C2HF3O2/c1-11(2)18-16(21)13-8-20(7-12-5-4-6-22-12)9-14-15(13)19(3)10-17-14;3-2(4,5)1(6)7/h4-6,10-11,13H,7-9H2,1-3H3,(H,18,21);(H,6,7). The van der Waals surface area contributed by atoms with Gasteiger partial charge in [0.25, 0.3) is 0 Å². The number of carbonyl (C=O) groups is 2. The van der Waals surface area contributed by atoms with Crippen LogP contribution >= 0.6 is 11.3 Å². The normalized spacial score (nSPS) is 16.7. The van der Waals surface area contributed by atoms with E-state index >= 15 is 0 Å². The molecule has 0 aromatic carbocycles. The Morgan fingerprint density at radius 1 is 1.41 bits per heavy atom. The minimum atomic E-state index is -5.08. The van der Waals surface area contributed by atoms with Gasteiger partial charge in [-0.15, -0.1) is 11.3 Å². The first kappa shape index (κ1) is 22.9. The summed E-state index contributed by atoms with van der Waals surface area (Å²) < 4.78 is 33.7. The Kier molecular flexibility index (Phi) is 7.42. The highest BCUT2D eigenvalue weighted by atomic mass is 32.1. The predicted molar refractivity (Wildman–Crippen MR) is 101 cm³/mol. The zero-order valence-electron chi connectivity index (χ0n) is 16.2. The Labute approximate surface area is 170 Å². The number of alkyl halides is 3. The van der Waals surface area contributed by atoms with E-state index in [-0.39, 0.29) is 17.9 Å². The molecule has 29 heavy (non-hydrogen) atoms. The van der Waals surface area contributed by atoms with Crippen LogP contribution in [0.5, 0.6) is 0 Å². The molecule has 3 heterocycles. The fourth-order valence-electron chi connectivity index (χ4n) is 3.01. The molecule has 0 bridgehead atoms. The van der Waals surface area contributed by atoms with Gasteiger partial charge in [-0.3, -0.25) is 9.69 Å². The molecule has 0 fully saturated rings. The Morgan fingerprint density at radius 2 is 2.07 bits per heavy atom. The van der Waals surface area contributed by atoms with E-state index in [4.69, 9.17) is 9.90 Å². The molecular weight excluding hydrogens is 409 g/mol. The van der Waals surface area contributed by atoms with E-state index in [9.17, 15) is 18.0 Å². The van der Waals surface area contributed by atoms with Crippen LogP contribution in [0, 0.1) is 0 Å². The molecule has 0 spiro atoms. The molecule has 2 aromatic heterocycles. The summed E-state index contributed by atoms with van der Waals surface area (Å²) in [5.74, 6) is -2.82. The van der Waals surface area contributed by atoms with Gasteiger partial charge in [0.15, 0.2) is 0 Å². The lowest BCUT2D eigenvalue weighted by molar-refractivity contribution is -0.192. The van der Waals surface area contributed by atoms with Crippen LogP contribution in [-0.2, 0) is 29.7 Å². The molecule has 11 heteroatoms. The van der Waals surface area contributed by atoms with Crippen molar-refractivity contribution >= 4 is 23.2 Å². The highest BCUT2D eigenvalue weighted by Gasteiger charge is 2.38. The van der Waals surface area contributed by atoms with Gasteiger partial charge in [-0.2, -0.15) is 13.2 Å². The number of halogens is 3. The molecule has 1 aliphatic heterocycles. The summed E-state index contributed by atoms with van der Waals surface area (Å²) in [4.78, 5) is 29.6. The summed E-state index contributed by atoms with van der Waals surface area (Å²) in [6.45, 7) is 6.41. The summed E-state index contributed by atoms with van der Waals surface area (Å²) in [7, 11) is 1.97. The summed E-state index contributed by atoms with van der Waals surface area (Å²) >= 11 is 1.76. The van der Waals surface area contributed by atoms with Gasteiger partial charge >= 0.3 is 12.1 Å². The van der Waals surface area contributed by atoms with Crippen molar-refractivity contribution in [2.24, 2.45) is 7.05 Å². The van der Waals surface area contributed by atoms with Gasteiger partial charge in [0.2, 0.25) is 5.91 Å². The Bertz CT molecular complexity index is 834. The number of carboxylic acid groups (broad SMARTS) is 1. The first-order valence-corrected chi connectivity index (χ1v) is 9.72. The molecule has 1 atom stereocenters. The number of aromatic nitrogens is 2. The van der Waals surface area contributed by atoms with E-state index in [1.807, 2.05) is 31.8 Å². The molecular formula is C18H23F3N4O3S. The van der Waals surface area contributed by atoms with Crippen molar-refractivity contribution in [2.75, 3.05) is 6.54 Å². The molecule has 1 amide bonds. The van der Waals surface area contributed by atoms with Gasteiger partial charge in [-0.25, -0.2) is 9.78 Å². The maximum atomic E-state index is 12.6. The van der Waals surface area contributed by atoms with Crippen LogP contribution in [0.4, 0.5) is 13.2 Å². The van der Waals surface area contributed by atoms with Crippen molar-refractivity contribution in [3.05, 3.63) is 40.1 Å². The molecule has 0 aliphatic carbocycles. The molecule has 2 aromatic rings. The number of aliphatic carboxylic acids is 1. The smallest absolute Gasteiger partial charge is 0.475 e. The lowest BCUT2D eigenvalue weighted by Crippen LogP contribution is -2.43. The third-order valence-electron chi connectivity index (χ3n) is 4.16. The summed E-state index contributed by atoms with van der Waals surface area (Å²) in [6.07, 6.45) is -3.27. The number of carboxylic acids is 1. The van der Waals surface area contributed by atoms with Crippen LogP contribution < -0.4 is 5.32 Å². The average Bonchev–Trinajstić information content (AvgIpc) is 3.23. The number of amides is 1. The highest BCUT2D eigenvalue weighted by Crippen LogP contribution is 2.29. The number of fused-ring (bicyclic) bond motifs is 1. The van der Waals surface area contributed by atoms with Crippen molar-refractivity contribution in [2.45, 2.75) is 45.1 Å². The number of rotatable bonds is 4. The van der Waals surface area contributed by atoms with Gasteiger partial charge in [-0.1, -0.05) is 6.07 Å². The van der Waals surface area contributed by atoms with Crippen molar-refractivity contribution in [3.8, 4) is 0 Å². The Hall–Kier alpha value is -2.40. The maximum absolute atomic E-state index is 12.6. The van der Waals surface area contributed by atoms with Crippen molar-refractivity contribution in [1.82, 2.24) is 19.8 Å². The minimum Gasteiger partial charge on any atom is -0.475 e. The number of carbonyl (C=O) groups excluding carboxylic acids is 1. The molecule has 3 rings (SSSR count). The van der Waals surface area contributed by atoms with E-state index in [2.05, 4.69) is 32.7 Å². The summed E-state index contributed by atoms with van der Waals surface area (Å²) in [6, 6.07) is 4.36. The van der Waals surface area contributed by atoms with E-state index < -0.39 is 12.1 Å². The van der Waals surface area contributed by atoms with Crippen molar-refractivity contribution in [1.29, 1.82) is 0 Å². The number of imidazole rings is 1. The van der Waals surface area contributed by atoms with Crippen molar-refractivity contribution in [3.63, 3.8) is 0 Å². The topological polar surface area (TPSA) is 87.5 Å². The third-order valence-corrected chi connectivity index (χ3v) is 5.02. The van der Waals surface area contributed by atoms with E-state index in [1.165, 1.54) is 4.88 Å². The number of nitrogens with zero attached hydrogens (tertiary/aromatic N) is 3. The number of nitrogens with one attached hydrogen (secondary N) is 1. The highest BCUT2D eigenvalue weighted by molar-refractivity contribution is 7.09. The van der Waals surface area contributed by atoms with Crippen LogP contribution in [0.25, 0.3) is 0 Å². The summed E-state index contributed by atoms with van der Waals surface area (Å²) in [5, 5.41) is 12.3. The second-order valence-electron chi connectivity index (χ2n) is 6.96. The molecule has 1 unspecified atom stereocenters. The van der Waals surface area contributed by atoms with Crippen LogP contribution in [-0.4, -0.2) is 50.2 Å². The van der Waals surface area contributed by atoms with E-state index in [0.717, 1.165) is 31.0 Å². The number of hydrogen-bond acceptors (Lipinski definition) is 5. The molecule has 0 saturated heterocycles. The quantitative estimate of drug-likeness (QED) is 0.776. The van der Waals surface area contributed by atoms with Crippen LogP contribution in [0.15, 0.2) is 23.8 Å². The molecule has 0 radical (unpaired) electrons. The molecule has 1 aliphatic rings. The second-order valence-corrected chi connectivity index (χ2v) is 7.99. The van der Waals surface area contributed by atoms with Gasteiger partial charge in [0, 0.05) is 37.6 Å². The maximum Gasteiger partial charge on any atom is 0.490 e. The lowest BCUT2D eigenvalue weighted by Gasteiger charge is -2.32. The monoisotopic (exact) mass is 432 g/mol. The largest absolute Gasteiger partial charge is 0.490 e. The molecule has 0 saturated carbocycles. The fourth-order valence-corrected chi connectivity index (χ4v) is 3.76. The van der Waals surface area contributed by atoms with Gasteiger partial charge in [-0.05, 0) is 25.3 Å². The lowest BCUT2D eigenvalue weighted by atomic mass is 9.96. The first-order chi connectivity index (χ1) is 13.5.